The van der Waals surface area contributed by atoms with Crippen LogP contribution in [-0.4, -0.2) is 42.7 Å². The van der Waals surface area contributed by atoms with Crippen molar-refractivity contribution in [1.29, 1.82) is 0 Å². The lowest BCUT2D eigenvalue weighted by Crippen LogP contribution is -2.51. The van der Waals surface area contributed by atoms with Gasteiger partial charge < -0.3 is 10.6 Å². The maximum Gasteiger partial charge on any atom is 0.238 e. The third kappa shape index (κ3) is 3.83. The Kier molecular flexibility index (Phi) is 5.74. The summed E-state index contributed by atoms with van der Waals surface area (Å²) < 4.78 is 0. The average Bonchev–Trinajstić information content (AvgIpc) is 2.72. The van der Waals surface area contributed by atoms with E-state index in [1.54, 1.807) is 11.8 Å². The number of piperidine rings is 1. The summed E-state index contributed by atoms with van der Waals surface area (Å²) in [6.45, 7) is 2.01. The quantitative estimate of drug-likeness (QED) is 0.644. The lowest BCUT2D eigenvalue weighted by atomic mass is 10.1. The van der Waals surface area contributed by atoms with Gasteiger partial charge in [0.15, 0.2) is 0 Å². The first kappa shape index (κ1) is 13.1. The minimum atomic E-state index is 0. The fourth-order valence-electron chi connectivity index (χ4n) is 1.84. The van der Waals surface area contributed by atoms with Gasteiger partial charge in [0.2, 0.25) is 5.91 Å². The van der Waals surface area contributed by atoms with E-state index in [1.807, 2.05) is 0 Å². The molecule has 0 aliphatic carbocycles. The van der Waals surface area contributed by atoms with Crippen molar-refractivity contribution in [2.75, 3.05) is 24.7 Å². The second kappa shape index (κ2) is 6.58. The Morgan fingerprint density at radius 2 is 2.33 bits per heavy atom. The van der Waals surface area contributed by atoms with E-state index in [-0.39, 0.29) is 24.4 Å². The SMILES string of the molecule is Cl.O=C(NC1CCCNC1)[C@H]1CSCN1. The van der Waals surface area contributed by atoms with E-state index in [9.17, 15) is 4.79 Å². The Hall–Kier alpha value is 0.0300. The highest BCUT2D eigenvalue weighted by atomic mass is 35.5. The van der Waals surface area contributed by atoms with Crippen LogP contribution in [-0.2, 0) is 4.79 Å². The molecule has 2 fully saturated rings. The molecule has 0 aromatic rings. The molecule has 2 aliphatic rings. The van der Waals surface area contributed by atoms with E-state index < -0.39 is 0 Å². The Bertz CT molecular complexity index is 206. The Labute approximate surface area is 101 Å². The summed E-state index contributed by atoms with van der Waals surface area (Å²) in [5, 5.41) is 9.55. The predicted molar refractivity (Wildman–Crippen MR) is 65.5 cm³/mol. The predicted octanol–water partition coefficient (Wildman–Crippen LogP) is -0.0611. The van der Waals surface area contributed by atoms with Gasteiger partial charge in [-0.1, -0.05) is 0 Å². The smallest absolute Gasteiger partial charge is 0.238 e. The molecule has 0 aromatic heterocycles. The van der Waals surface area contributed by atoms with Crippen LogP contribution < -0.4 is 16.0 Å². The fourth-order valence-corrected chi connectivity index (χ4v) is 2.78. The molecule has 2 aliphatic heterocycles. The molecular formula is C9H18ClN3OS. The van der Waals surface area contributed by atoms with Gasteiger partial charge in [-0.25, -0.2) is 0 Å². The van der Waals surface area contributed by atoms with Crippen molar-refractivity contribution in [3.8, 4) is 0 Å². The van der Waals surface area contributed by atoms with Crippen molar-refractivity contribution >= 4 is 30.1 Å². The van der Waals surface area contributed by atoms with Crippen molar-refractivity contribution in [3.63, 3.8) is 0 Å². The number of rotatable bonds is 2. The molecule has 0 spiro atoms. The number of carbonyl (C=O) groups is 1. The molecule has 0 saturated carbocycles. The van der Waals surface area contributed by atoms with Gasteiger partial charge >= 0.3 is 0 Å². The molecule has 4 nitrogen and oxygen atoms in total. The van der Waals surface area contributed by atoms with E-state index in [2.05, 4.69) is 16.0 Å². The largest absolute Gasteiger partial charge is 0.351 e. The van der Waals surface area contributed by atoms with Gasteiger partial charge in [-0.3, -0.25) is 10.1 Å². The summed E-state index contributed by atoms with van der Waals surface area (Å²) in [6.07, 6.45) is 2.27. The maximum atomic E-state index is 11.7. The van der Waals surface area contributed by atoms with E-state index in [0.29, 0.717) is 6.04 Å². The van der Waals surface area contributed by atoms with Gasteiger partial charge in [0.1, 0.15) is 0 Å². The van der Waals surface area contributed by atoms with Gasteiger partial charge in [-0.2, -0.15) is 0 Å². The highest BCUT2D eigenvalue weighted by Gasteiger charge is 2.24. The zero-order valence-electron chi connectivity index (χ0n) is 8.62. The Morgan fingerprint density at radius 3 is 2.93 bits per heavy atom. The summed E-state index contributed by atoms with van der Waals surface area (Å²) in [4.78, 5) is 11.7. The van der Waals surface area contributed by atoms with Crippen LogP contribution in [0.15, 0.2) is 0 Å². The van der Waals surface area contributed by atoms with Crippen LogP contribution in [0.1, 0.15) is 12.8 Å². The third-order valence-electron chi connectivity index (χ3n) is 2.68. The molecule has 2 atom stereocenters. The molecule has 2 saturated heterocycles. The van der Waals surface area contributed by atoms with Crippen LogP contribution in [0.3, 0.4) is 0 Å². The Balaban J connectivity index is 0.00000112. The minimum Gasteiger partial charge on any atom is -0.351 e. The normalized spacial score (nSPS) is 30.7. The van der Waals surface area contributed by atoms with E-state index in [4.69, 9.17) is 0 Å². The standard InChI is InChI=1S/C9H17N3OS.ClH/c13-9(8-5-14-6-11-8)12-7-2-1-3-10-4-7;/h7-8,10-11H,1-6H2,(H,12,13);1H/t7?,8-;/m1./s1. The number of halogens is 1. The van der Waals surface area contributed by atoms with Crippen LogP contribution in [0, 0.1) is 0 Å². The van der Waals surface area contributed by atoms with Crippen molar-refractivity contribution in [2.45, 2.75) is 24.9 Å². The number of amides is 1. The second-order valence-electron chi connectivity index (χ2n) is 3.82. The summed E-state index contributed by atoms with van der Waals surface area (Å²) in [5.74, 6) is 1.98. The number of hydrogen-bond acceptors (Lipinski definition) is 4. The summed E-state index contributed by atoms with van der Waals surface area (Å²) in [7, 11) is 0. The van der Waals surface area contributed by atoms with Crippen molar-refractivity contribution < 1.29 is 4.79 Å². The van der Waals surface area contributed by atoms with Crippen LogP contribution >= 0.6 is 24.2 Å². The summed E-state index contributed by atoms with van der Waals surface area (Å²) in [6, 6.07) is 0.366. The Morgan fingerprint density at radius 1 is 1.47 bits per heavy atom. The topological polar surface area (TPSA) is 53.2 Å². The van der Waals surface area contributed by atoms with Gasteiger partial charge in [-0.15, -0.1) is 24.2 Å². The monoisotopic (exact) mass is 251 g/mol. The number of nitrogens with one attached hydrogen (secondary N) is 3. The lowest BCUT2D eigenvalue weighted by molar-refractivity contribution is -0.123. The fraction of sp³-hybridized carbons (Fsp3) is 0.889. The van der Waals surface area contributed by atoms with Crippen LogP contribution in [0.25, 0.3) is 0 Å². The summed E-state index contributed by atoms with van der Waals surface area (Å²) in [5.41, 5.74) is 0. The van der Waals surface area contributed by atoms with Crippen molar-refractivity contribution in [2.24, 2.45) is 0 Å². The molecule has 3 N–H and O–H groups in total. The van der Waals surface area contributed by atoms with Gasteiger partial charge in [0.25, 0.3) is 0 Å². The van der Waals surface area contributed by atoms with Crippen LogP contribution in [0.4, 0.5) is 0 Å². The molecular weight excluding hydrogens is 234 g/mol. The molecule has 6 heteroatoms. The molecule has 2 rings (SSSR count). The number of hydrogen-bond donors (Lipinski definition) is 3. The number of thioether (sulfide) groups is 1. The lowest BCUT2D eigenvalue weighted by Gasteiger charge is -2.25. The number of carbonyl (C=O) groups excluding carboxylic acids is 1. The molecule has 1 unspecified atom stereocenters. The molecule has 15 heavy (non-hydrogen) atoms. The van der Waals surface area contributed by atoms with Gasteiger partial charge in [0, 0.05) is 24.2 Å². The molecule has 0 bridgehead atoms. The highest BCUT2D eigenvalue weighted by Crippen LogP contribution is 2.10. The minimum absolute atomic E-state index is 0. The maximum absolute atomic E-state index is 11.7. The molecule has 88 valence electrons. The van der Waals surface area contributed by atoms with Crippen molar-refractivity contribution in [3.05, 3.63) is 0 Å². The van der Waals surface area contributed by atoms with E-state index in [0.717, 1.165) is 37.6 Å². The van der Waals surface area contributed by atoms with Crippen LogP contribution in [0.5, 0.6) is 0 Å². The molecule has 0 aromatic carbocycles. The van der Waals surface area contributed by atoms with Gasteiger partial charge in [-0.05, 0) is 19.4 Å². The second-order valence-corrected chi connectivity index (χ2v) is 4.85. The van der Waals surface area contributed by atoms with Crippen LogP contribution in [0.2, 0.25) is 0 Å². The van der Waals surface area contributed by atoms with E-state index >= 15 is 0 Å². The average molecular weight is 252 g/mol. The first-order chi connectivity index (χ1) is 6.86. The molecule has 1 amide bonds. The van der Waals surface area contributed by atoms with Crippen molar-refractivity contribution in [1.82, 2.24) is 16.0 Å². The highest BCUT2D eigenvalue weighted by molar-refractivity contribution is 7.99. The summed E-state index contributed by atoms with van der Waals surface area (Å²) >= 11 is 1.78. The molecule has 0 radical (unpaired) electrons. The first-order valence-corrected chi connectivity index (χ1v) is 6.34. The third-order valence-corrected chi connectivity index (χ3v) is 3.62. The zero-order chi connectivity index (χ0) is 9.80. The van der Waals surface area contributed by atoms with E-state index in [1.165, 1.54) is 0 Å². The van der Waals surface area contributed by atoms with Gasteiger partial charge in [0.05, 0.1) is 6.04 Å². The molecule has 2 heterocycles. The zero-order valence-corrected chi connectivity index (χ0v) is 10.3. The first-order valence-electron chi connectivity index (χ1n) is 5.18.